The Bertz CT molecular complexity index is 1010. The molecule has 0 bridgehead atoms. The standard InChI is InChI=1S/C22H23N3O2S/c1-14-7-8-19(11-15(14)2)27-16(3)21(26)23-18-6-4-5-17(12-18)20-13-25-9-10-28-22(25)24-20/h4-8,11-13,16H,9-10H2,1-3H3,(H,23,26). The van der Waals surface area contributed by atoms with Gasteiger partial charge in [-0.15, -0.1) is 0 Å². The molecule has 1 aromatic heterocycles. The van der Waals surface area contributed by atoms with Crippen LogP contribution in [0.2, 0.25) is 0 Å². The highest BCUT2D eigenvalue weighted by molar-refractivity contribution is 7.99. The van der Waals surface area contributed by atoms with E-state index in [-0.39, 0.29) is 5.91 Å². The first kappa shape index (κ1) is 18.6. The van der Waals surface area contributed by atoms with Crippen LogP contribution in [0, 0.1) is 13.8 Å². The summed E-state index contributed by atoms with van der Waals surface area (Å²) in [6, 6.07) is 13.6. The van der Waals surface area contributed by atoms with Crippen LogP contribution in [-0.2, 0) is 11.3 Å². The van der Waals surface area contributed by atoms with E-state index in [9.17, 15) is 4.79 Å². The average Bonchev–Trinajstić information content (AvgIpc) is 3.27. The van der Waals surface area contributed by atoms with Crippen molar-refractivity contribution in [1.29, 1.82) is 0 Å². The number of hydrogen-bond donors (Lipinski definition) is 1. The Morgan fingerprint density at radius 1 is 1.21 bits per heavy atom. The van der Waals surface area contributed by atoms with Gasteiger partial charge in [-0.3, -0.25) is 4.79 Å². The van der Waals surface area contributed by atoms with Gasteiger partial charge in [-0.05, 0) is 56.2 Å². The molecule has 0 saturated heterocycles. The van der Waals surface area contributed by atoms with Gasteiger partial charge in [-0.25, -0.2) is 4.98 Å². The molecule has 144 valence electrons. The van der Waals surface area contributed by atoms with Crippen molar-refractivity contribution in [3.05, 3.63) is 59.8 Å². The number of amides is 1. The van der Waals surface area contributed by atoms with E-state index in [1.165, 1.54) is 5.56 Å². The van der Waals surface area contributed by atoms with Crippen LogP contribution in [-0.4, -0.2) is 27.3 Å². The molecule has 1 atom stereocenters. The second-order valence-corrected chi connectivity index (χ2v) is 8.09. The van der Waals surface area contributed by atoms with Gasteiger partial charge in [0.15, 0.2) is 11.3 Å². The lowest BCUT2D eigenvalue weighted by Gasteiger charge is -2.16. The maximum atomic E-state index is 12.6. The number of ether oxygens (including phenoxy) is 1. The Morgan fingerprint density at radius 2 is 2.07 bits per heavy atom. The molecule has 0 spiro atoms. The predicted molar refractivity (Wildman–Crippen MR) is 113 cm³/mol. The van der Waals surface area contributed by atoms with Crippen molar-refractivity contribution >= 4 is 23.4 Å². The number of fused-ring (bicyclic) bond motifs is 1. The summed E-state index contributed by atoms with van der Waals surface area (Å²) in [6.07, 6.45) is 1.47. The largest absolute Gasteiger partial charge is 0.481 e. The lowest BCUT2D eigenvalue weighted by molar-refractivity contribution is -0.122. The molecule has 4 rings (SSSR count). The van der Waals surface area contributed by atoms with E-state index in [4.69, 9.17) is 4.74 Å². The van der Waals surface area contributed by atoms with Crippen LogP contribution in [0.5, 0.6) is 5.75 Å². The lowest BCUT2D eigenvalue weighted by Crippen LogP contribution is -2.30. The van der Waals surface area contributed by atoms with Crippen LogP contribution in [0.3, 0.4) is 0 Å². The minimum Gasteiger partial charge on any atom is -0.481 e. The normalized spacial score (nSPS) is 13.8. The number of rotatable bonds is 5. The first-order valence-electron chi connectivity index (χ1n) is 9.35. The maximum Gasteiger partial charge on any atom is 0.265 e. The van der Waals surface area contributed by atoms with Crippen molar-refractivity contribution in [1.82, 2.24) is 9.55 Å². The van der Waals surface area contributed by atoms with Crippen LogP contribution in [0.15, 0.2) is 53.8 Å². The van der Waals surface area contributed by atoms with Gasteiger partial charge in [0.05, 0.1) is 5.69 Å². The van der Waals surface area contributed by atoms with E-state index in [0.29, 0.717) is 5.75 Å². The number of carbonyl (C=O) groups excluding carboxylic acids is 1. The zero-order valence-corrected chi connectivity index (χ0v) is 17.0. The number of aryl methyl sites for hydroxylation is 3. The zero-order valence-electron chi connectivity index (χ0n) is 16.2. The summed E-state index contributed by atoms with van der Waals surface area (Å²) in [5.74, 6) is 1.60. The maximum absolute atomic E-state index is 12.6. The number of hydrogen-bond acceptors (Lipinski definition) is 4. The Kier molecular flexibility index (Phi) is 5.13. The molecule has 0 saturated carbocycles. The van der Waals surface area contributed by atoms with Crippen LogP contribution in [0.25, 0.3) is 11.3 Å². The number of nitrogens with one attached hydrogen (secondary N) is 1. The number of aromatic nitrogens is 2. The molecule has 2 heterocycles. The number of benzene rings is 2. The van der Waals surface area contributed by atoms with Gasteiger partial charge < -0.3 is 14.6 Å². The highest BCUT2D eigenvalue weighted by Gasteiger charge is 2.17. The minimum absolute atomic E-state index is 0.182. The summed E-state index contributed by atoms with van der Waals surface area (Å²) in [4.78, 5) is 17.2. The molecule has 1 aliphatic rings. The number of carbonyl (C=O) groups is 1. The molecule has 1 unspecified atom stereocenters. The predicted octanol–water partition coefficient (Wildman–Crippen LogP) is 4.68. The van der Waals surface area contributed by atoms with E-state index in [1.807, 2.05) is 49.4 Å². The summed E-state index contributed by atoms with van der Waals surface area (Å²) in [6.45, 7) is 6.83. The highest BCUT2D eigenvalue weighted by atomic mass is 32.2. The molecular formula is C22H23N3O2S. The molecule has 1 N–H and O–H groups in total. The molecule has 5 nitrogen and oxygen atoms in total. The van der Waals surface area contributed by atoms with Crippen molar-refractivity contribution in [2.75, 3.05) is 11.1 Å². The molecule has 0 radical (unpaired) electrons. The second-order valence-electron chi connectivity index (χ2n) is 7.03. The van der Waals surface area contributed by atoms with Crippen molar-refractivity contribution in [2.45, 2.75) is 38.6 Å². The van der Waals surface area contributed by atoms with Gasteiger partial charge in [0, 0.05) is 29.7 Å². The van der Waals surface area contributed by atoms with Gasteiger partial charge in [0.2, 0.25) is 0 Å². The molecular weight excluding hydrogens is 370 g/mol. The molecule has 3 aromatic rings. The second kappa shape index (κ2) is 7.72. The average molecular weight is 394 g/mol. The summed E-state index contributed by atoms with van der Waals surface area (Å²) >= 11 is 1.77. The van der Waals surface area contributed by atoms with Crippen molar-refractivity contribution in [2.24, 2.45) is 0 Å². The van der Waals surface area contributed by atoms with Gasteiger partial charge in [0.1, 0.15) is 5.75 Å². The van der Waals surface area contributed by atoms with Gasteiger partial charge in [-0.2, -0.15) is 0 Å². The third-order valence-electron chi connectivity index (χ3n) is 4.89. The lowest BCUT2D eigenvalue weighted by atomic mass is 10.1. The van der Waals surface area contributed by atoms with Gasteiger partial charge in [0.25, 0.3) is 5.91 Å². The molecule has 2 aromatic carbocycles. The minimum atomic E-state index is -0.599. The molecule has 1 amide bonds. The van der Waals surface area contributed by atoms with E-state index < -0.39 is 6.10 Å². The fraction of sp³-hybridized carbons (Fsp3) is 0.273. The number of anilines is 1. The van der Waals surface area contributed by atoms with Crippen LogP contribution >= 0.6 is 11.8 Å². The summed E-state index contributed by atoms with van der Waals surface area (Å²) in [5.41, 5.74) is 4.99. The van der Waals surface area contributed by atoms with E-state index in [0.717, 1.165) is 40.0 Å². The monoisotopic (exact) mass is 393 g/mol. The Morgan fingerprint density at radius 3 is 2.86 bits per heavy atom. The zero-order chi connectivity index (χ0) is 19.7. The SMILES string of the molecule is Cc1ccc(OC(C)C(=O)Nc2cccc(-c3cn4c(n3)SCC4)c2)cc1C. The fourth-order valence-corrected chi connectivity index (χ4v) is 4.04. The number of thioether (sulfide) groups is 1. The summed E-state index contributed by atoms with van der Waals surface area (Å²) in [7, 11) is 0. The summed E-state index contributed by atoms with van der Waals surface area (Å²) < 4.78 is 7.98. The van der Waals surface area contributed by atoms with E-state index >= 15 is 0 Å². The third-order valence-corrected chi connectivity index (χ3v) is 5.86. The Balaban J connectivity index is 1.44. The van der Waals surface area contributed by atoms with Crippen molar-refractivity contribution in [3.8, 4) is 17.0 Å². The smallest absolute Gasteiger partial charge is 0.265 e. The topological polar surface area (TPSA) is 56.1 Å². The summed E-state index contributed by atoms with van der Waals surface area (Å²) in [5, 5.41) is 4.00. The Labute approximate surface area is 169 Å². The molecule has 28 heavy (non-hydrogen) atoms. The fourth-order valence-electron chi connectivity index (χ4n) is 3.09. The van der Waals surface area contributed by atoms with Crippen LogP contribution < -0.4 is 10.1 Å². The van der Waals surface area contributed by atoms with E-state index in [2.05, 4.69) is 28.0 Å². The molecule has 1 aliphatic heterocycles. The molecule has 0 aliphatic carbocycles. The van der Waals surface area contributed by atoms with Crippen molar-refractivity contribution < 1.29 is 9.53 Å². The molecule has 6 heteroatoms. The van der Waals surface area contributed by atoms with E-state index in [1.54, 1.807) is 18.7 Å². The molecule has 0 fully saturated rings. The quantitative estimate of drug-likeness (QED) is 0.684. The first-order chi connectivity index (χ1) is 13.5. The Hall–Kier alpha value is -2.73. The highest BCUT2D eigenvalue weighted by Crippen LogP contribution is 2.30. The number of imidazole rings is 1. The third kappa shape index (κ3) is 3.92. The van der Waals surface area contributed by atoms with Crippen molar-refractivity contribution in [3.63, 3.8) is 0 Å². The first-order valence-corrected chi connectivity index (χ1v) is 10.3. The van der Waals surface area contributed by atoms with Crippen LogP contribution in [0.1, 0.15) is 18.1 Å². The number of nitrogens with zero attached hydrogens (tertiary/aromatic N) is 2. The van der Waals surface area contributed by atoms with Crippen LogP contribution in [0.4, 0.5) is 5.69 Å². The van der Waals surface area contributed by atoms with Gasteiger partial charge in [-0.1, -0.05) is 30.0 Å². The van der Waals surface area contributed by atoms with Gasteiger partial charge >= 0.3 is 0 Å².